The molecular weight excluding hydrogens is 447 g/mol. The summed E-state index contributed by atoms with van der Waals surface area (Å²) in [5.41, 5.74) is -0.857. The molecule has 0 aliphatic heterocycles. The standard InChI is InChI=1S/C20H14F7N3O2/c1-30(11-12-2-4-13(5-3-12)32-20(25,26)27)18-28-9-8-17(29-18)31-14-6-7-16(21)15(10-14)19(22,23)24/h2-10H,11H2,1H3. The Bertz CT molecular complexity index is 1070. The number of anilines is 1. The van der Waals surface area contributed by atoms with Gasteiger partial charge in [0.1, 0.15) is 17.3 Å². The molecule has 0 unspecified atom stereocenters. The minimum atomic E-state index is -4.89. The molecule has 0 saturated carbocycles. The van der Waals surface area contributed by atoms with Gasteiger partial charge < -0.3 is 14.4 Å². The fourth-order valence-corrected chi connectivity index (χ4v) is 2.62. The maximum atomic E-state index is 13.4. The first-order valence-electron chi connectivity index (χ1n) is 8.84. The van der Waals surface area contributed by atoms with E-state index in [-0.39, 0.29) is 29.9 Å². The van der Waals surface area contributed by atoms with E-state index in [1.807, 2.05) is 0 Å². The van der Waals surface area contributed by atoms with Crippen molar-refractivity contribution in [2.45, 2.75) is 19.1 Å². The highest BCUT2D eigenvalue weighted by Crippen LogP contribution is 2.34. The highest BCUT2D eigenvalue weighted by atomic mass is 19.4. The van der Waals surface area contributed by atoms with E-state index < -0.39 is 23.9 Å². The summed E-state index contributed by atoms with van der Waals surface area (Å²) in [6.45, 7) is 0.199. The fourth-order valence-electron chi connectivity index (χ4n) is 2.62. The van der Waals surface area contributed by atoms with Crippen molar-refractivity contribution in [1.82, 2.24) is 9.97 Å². The minimum absolute atomic E-state index is 0.0875. The number of benzene rings is 2. The first-order valence-corrected chi connectivity index (χ1v) is 8.84. The van der Waals surface area contributed by atoms with Crippen molar-refractivity contribution in [1.29, 1.82) is 0 Å². The molecule has 3 rings (SSSR count). The number of halogens is 7. The average Bonchev–Trinajstić information content (AvgIpc) is 2.69. The third-order valence-electron chi connectivity index (χ3n) is 4.00. The quantitative estimate of drug-likeness (QED) is 0.424. The normalized spacial score (nSPS) is 11.9. The van der Waals surface area contributed by atoms with Crippen molar-refractivity contribution in [2.75, 3.05) is 11.9 Å². The SMILES string of the molecule is CN(Cc1ccc(OC(F)(F)F)cc1)c1nccc(Oc2ccc(F)c(C(F)(F)F)c2)n1. The van der Waals surface area contributed by atoms with Gasteiger partial charge in [0.05, 0.1) is 5.56 Å². The highest BCUT2D eigenvalue weighted by molar-refractivity contribution is 5.37. The van der Waals surface area contributed by atoms with Crippen LogP contribution in [0.5, 0.6) is 17.4 Å². The van der Waals surface area contributed by atoms with Crippen LogP contribution in [0, 0.1) is 5.82 Å². The van der Waals surface area contributed by atoms with Crippen LogP contribution in [0.2, 0.25) is 0 Å². The molecular formula is C20H14F7N3O2. The Morgan fingerprint density at radius 2 is 1.56 bits per heavy atom. The van der Waals surface area contributed by atoms with E-state index in [9.17, 15) is 30.7 Å². The molecule has 32 heavy (non-hydrogen) atoms. The van der Waals surface area contributed by atoms with Crippen molar-refractivity contribution < 1.29 is 40.2 Å². The Labute approximate surface area is 177 Å². The number of nitrogens with zero attached hydrogens (tertiary/aromatic N) is 3. The first-order chi connectivity index (χ1) is 14.9. The van der Waals surface area contributed by atoms with Gasteiger partial charge in [-0.25, -0.2) is 9.37 Å². The Kier molecular flexibility index (Phi) is 6.42. The topological polar surface area (TPSA) is 47.5 Å². The van der Waals surface area contributed by atoms with Crippen LogP contribution in [0.15, 0.2) is 54.7 Å². The number of rotatable bonds is 6. The van der Waals surface area contributed by atoms with Crippen molar-refractivity contribution in [3.8, 4) is 17.4 Å². The lowest BCUT2D eigenvalue weighted by Crippen LogP contribution is -2.19. The third-order valence-corrected chi connectivity index (χ3v) is 4.00. The van der Waals surface area contributed by atoms with Gasteiger partial charge in [0.2, 0.25) is 11.8 Å². The predicted molar refractivity (Wildman–Crippen MR) is 98.7 cm³/mol. The Morgan fingerprint density at radius 1 is 0.906 bits per heavy atom. The molecule has 0 aliphatic rings. The molecule has 0 N–H and O–H groups in total. The van der Waals surface area contributed by atoms with Crippen molar-refractivity contribution in [3.05, 3.63) is 71.7 Å². The Morgan fingerprint density at radius 3 is 2.19 bits per heavy atom. The summed E-state index contributed by atoms with van der Waals surface area (Å²) in [5.74, 6) is -2.02. The van der Waals surface area contributed by atoms with Gasteiger partial charge in [-0.15, -0.1) is 13.2 Å². The maximum Gasteiger partial charge on any atom is 0.573 e. The third kappa shape index (κ3) is 6.22. The van der Waals surface area contributed by atoms with Crippen LogP contribution in [0.4, 0.5) is 36.7 Å². The van der Waals surface area contributed by atoms with E-state index in [0.717, 1.165) is 18.2 Å². The van der Waals surface area contributed by atoms with Gasteiger partial charge in [-0.2, -0.15) is 18.2 Å². The Hall–Kier alpha value is -3.57. The van der Waals surface area contributed by atoms with E-state index in [4.69, 9.17) is 4.74 Å². The Balaban J connectivity index is 1.71. The monoisotopic (exact) mass is 461 g/mol. The van der Waals surface area contributed by atoms with Crippen LogP contribution in [0.1, 0.15) is 11.1 Å². The molecule has 0 bridgehead atoms. The lowest BCUT2D eigenvalue weighted by Gasteiger charge is -2.18. The zero-order valence-electron chi connectivity index (χ0n) is 16.2. The van der Waals surface area contributed by atoms with Crippen molar-refractivity contribution >= 4 is 5.95 Å². The summed E-state index contributed by atoms with van der Waals surface area (Å²) >= 11 is 0. The van der Waals surface area contributed by atoms with Gasteiger partial charge in [0.15, 0.2) is 0 Å². The molecule has 0 fully saturated rings. The molecule has 1 heterocycles. The van der Waals surface area contributed by atoms with Crippen LogP contribution < -0.4 is 14.4 Å². The first kappa shape index (κ1) is 23.1. The van der Waals surface area contributed by atoms with Gasteiger partial charge >= 0.3 is 12.5 Å². The molecule has 0 saturated heterocycles. The van der Waals surface area contributed by atoms with E-state index in [1.165, 1.54) is 29.3 Å². The number of hydrogen-bond acceptors (Lipinski definition) is 5. The highest BCUT2D eigenvalue weighted by Gasteiger charge is 2.34. The van der Waals surface area contributed by atoms with E-state index in [0.29, 0.717) is 17.7 Å². The molecule has 0 atom stereocenters. The number of alkyl halides is 6. The molecule has 2 aromatic carbocycles. The number of hydrogen-bond donors (Lipinski definition) is 0. The van der Waals surface area contributed by atoms with Gasteiger partial charge in [-0.3, -0.25) is 0 Å². The lowest BCUT2D eigenvalue weighted by molar-refractivity contribution is -0.274. The average molecular weight is 461 g/mol. The van der Waals surface area contributed by atoms with Crippen LogP contribution >= 0.6 is 0 Å². The molecule has 0 aliphatic carbocycles. The second-order valence-corrected chi connectivity index (χ2v) is 6.48. The molecule has 3 aromatic rings. The molecule has 170 valence electrons. The summed E-state index contributed by atoms with van der Waals surface area (Å²) in [6.07, 6.45) is -8.37. The molecule has 5 nitrogen and oxygen atoms in total. The molecule has 0 spiro atoms. The maximum absolute atomic E-state index is 13.4. The summed E-state index contributed by atoms with van der Waals surface area (Å²) in [4.78, 5) is 9.66. The smallest absolute Gasteiger partial charge is 0.439 e. The molecule has 12 heteroatoms. The van der Waals surface area contributed by atoms with E-state index in [1.54, 1.807) is 7.05 Å². The molecule has 0 radical (unpaired) electrons. The summed E-state index contributed by atoms with van der Waals surface area (Å²) < 4.78 is 97.8. The second-order valence-electron chi connectivity index (χ2n) is 6.48. The summed E-state index contributed by atoms with van der Waals surface area (Å²) in [7, 11) is 1.60. The van der Waals surface area contributed by atoms with Crippen LogP contribution in [0.3, 0.4) is 0 Å². The van der Waals surface area contributed by atoms with Crippen molar-refractivity contribution in [2.24, 2.45) is 0 Å². The predicted octanol–water partition coefficient (Wildman–Crippen LogP) is 5.96. The largest absolute Gasteiger partial charge is 0.573 e. The minimum Gasteiger partial charge on any atom is -0.439 e. The van der Waals surface area contributed by atoms with Crippen LogP contribution in [0.25, 0.3) is 0 Å². The van der Waals surface area contributed by atoms with Crippen molar-refractivity contribution in [3.63, 3.8) is 0 Å². The zero-order chi connectivity index (χ0) is 23.5. The van der Waals surface area contributed by atoms with Crippen LogP contribution in [-0.4, -0.2) is 23.4 Å². The molecule has 1 aromatic heterocycles. The van der Waals surface area contributed by atoms with Crippen LogP contribution in [-0.2, 0) is 12.7 Å². The van der Waals surface area contributed by atoms with Gasteiger partial charge in [0, 0.05) is 25.9 Å². The van der Waals surface area contributed by atoms with E-state index in [2.05, 4.69) is 14.7 Å². The van der Waals surface area contributed by atoms with Gasteiger partial charge in [0.25, 0.3) is 0 Å². The number of ether oxygens (including phenoxy) is 2. The number of aromatic nitrogens is 2. The second kappa shape index (κ2) is 8.89. The van der Waals surface area contributed by atoms with Gasteiger partial charge in [-0.1, -0.05) is 12.1 Å². The zero-order valence-corrected chi connectivity index (χ0v) is 16.2. The summed E-state index contributed by atoms with van der Waals surface area (Å²) in [6, 6.07) is 8.65. The lowest BCUT2D eigenvalue weighted by atomic mass is 10.2. The summed E-state index contributed by atoms with van der Waals surface area (Å²) in [5, 5.41) is 0. The molecule has 0 amide bonds. The fraction of sp³-hybridized carbons (Fsp3) is 0.200. The van der Waals surface area contributed by atoms with Gasteiger partial charge in [-0.05, 0) is 35.9 Å². The van der Waals surface area contributed by atoms with E-state index >= 15 is 0 Å².